The number of hydrogen-bond acceptors (Lipinski definition) is 4. The van der Waals surface area contributed by atoms with Crippen LogP contribution in [0, 0.1) is 5.92 Å². The van der Waals surface area contributed by atoms with Gasteiger partial charge in [-0.2, -0.15) is 0 Å². The number of carbonyl (C=O) groups excluding carboxylic acids is 2. The number of imidazole rings is 1. The molecule has 4 rings (SSSR count). The van der Waals surface area contributed by atoms with Crippen molar-refractivity contribution in [2.45, 2.75) is 19.4 Å². The van der Waals surface area contributed by atoms with Crippen LogP contribution in [0.15, 0.2) is 48.9 Å². The van der Waals surface area contributed by atoms with Crippen molar-refractivity contribution in [2.75, 3.05) is 11.9 Å². The van der Waals surface area contributed by atoms with E-state index in [1.165, 1.54) is 0 Å². The van der Waals surface area contributed by atoms with E-state index < -0.39 is 5.92 Å². The summed E-state index contributed by atoms with van der Waals surface area (Å²) in [4.78, 5) is 36.0. The first-order chi connectivity index (χ1) is 13.1. The molecule has 1 aromatic carbocycles. The first-order valence-electron chi connectivity index (χ1n) is 9.01. The molecule has 138 valence electrons. The van der Waals surface area contributed by atoms with Gasteiger partial charge in [0.2, 0.25) is 11.8 Å². The molecule has 0 radical (unpaired) electrons. The van der Waals surface area contributed by atoms with Crippen LogP contribution in [0.2, 0.25) is 0 Å². The van der Waals surface area contributed by atoms with Crippen LogP contribution in [0.1, 0.15) is 25.2 Å². The fourth-order valence-corrected chi connectivity index (χ4v) is 3.75. The Morgan fingerprint density at radius 1 is 1.30 bits per heavy atom. The number of fused-ring (bicyclic) bond motifs is 1. The Labute approximate surface area is 157 Å². The van der Waals surface area contributed by atoms with Gasteiger partial charge in [0.25, 0.3) is 0 Å². The molecule has 2 amide bonds. The maximum Gasteiger partial charge on any atom is 0.230 e. The van der Waals surface area contributed by atoms with Crippen LogP contribution in [0.3, 0.4) is 0 Å². The first-order valence-corrected chi connectivity index (χ1v) is 9.01. The van der Waals surface area contributed by atoms with Crippen LogP contribution in [-0.2, 0) is 16.6 Å². The predicted molar refractivity (Wildman–Crippen MR) is 102 cm³/mol. The van der Waals surface area contributed by atoms with E-state index in [1.54, 1.807) is 17.3 Å². The summed E-state index contributed by atoms with van der Waals surface area (Å²) in [7, 11) is 1.88. The van der Waals surface area contributed by atoms with Crippen molar-refractivity contribution in [3.8, 4) is 0 Å². The second-order valence-electron chi connectivity index (χ2n) is 6.74. The molecule has 3 aromatic rings. The Balaban J connectivity index is 1.62. The number of aromatic nitrogens is 3. The Bertz CT molecular complexity index is 1010. The van der Waals surface area contributed by atoms with Gasteiger partial charge in [-0.3, -0.25) is 14.6 Å². The van der Waals surface area contributed by atoms with Crippen molar-refractivity contribution in [1.29, 1.82) is 0 Å². The minimum Gasteiger partial charge on any atom is -0.336 e. The molecule has 1 aliphatic heterocycles. The number of hydrogen-bond donors (Lipinski definition) is 1. The maximum atomic E-state index is 13.0. The Morgan fingerprint density at radius 2 is 2.11 bits per heavy atom. The number of likely N-dealkylation sites (tertiary alicyclic amines) is 1. The van der Waals surface area contributed by atoms with E-state index in [9.17, 15) is 9.59 Å². The van der Waals surface area contributed by atoms with E-state index in [0.717, 1.165) is 16.7 Å². The third-order valence-corrected chi connectivity index (χ3v) is 5.09. The highest BCUT2D eigenvalue weighted by molar-refractivity contribution is 5.98. The van der Waals surface area contributed by atoms with E-state index in [4.69, 9.17) is 0 Å². The van der Waals surface area contributed by atoms with Crippen LogP contribution < -0.4 is 5.32 Å². The normalized spacial score (nSPS) is 19.6. The summed E-state index contributed by atoms with van der Waals surface area (Å²) < 4.78 is 1.86. The average Bonchev–Trinajstić information content (AvgIpc) is 3.23. The van der Waals surface area contributed by atoms with Crippen molar-refractivity contribution in [1.82, 2.24) is 19.4 Å². The quantitative estimate of drug-likeness (QED) is 0.772. The van der Waals surface area contributed by atoms with Gasteiger partial charge in [-0.15, -0.1) is 0 Å². The summed E-state index contributed by atoms with van der Waals surface area (Å²) in [6, 6.07) is 9.26. The predicted octanol–water partition coefficient (Wildman–Crippen LogP) is 2.52. The van der Waals surface area contributed by atoms with E-state index in [1.807, 2.05) is 55.1 Å². The summed E-state index contributed by atoms with van der Waals surface area (Å²) in [6.45, 7) is 2.46. The van der Waals surface area contributed by atoms with Crippen molar-refractivity contribution in [2.24, 2.45) is 13.0 Å². The van der Waals surface area contributed by atoms with Crippen LogP contribution in [0.5, 0.6) is 0 Å². The molecule has 1 saturated heterocycles. The van der Waals surface area contributed by atoms with E-state index in [0.29, 0.717) is 12.2 Å². The Kier molecular flexibility index (Phi) is 4.35. The Hall–Kier alpha value is -3.22. The minimum absolute atomic E-state index is 0.0257. The van der Waals surface area contributed by atoms with E-state index in [2.05, 4.69) is 15.3 Å². The molecule has 1 N–H and O–H groups in total. The number of nitrogens with zero attached hydrogens (tertiary/aromatic N) is 4. The Morgan fingerprint density at radius 3 is 2.85 bits per heavy atom. The van der Waals surface area contributed by atoms with E-state index >= 15 is 0 Å². The third kappa shape index (κ3) is 3.05. The molecule has 3 heterocycles. The molecule has 0 aliphatic carbocycles. The summed E-state index contributed by atoms with van der Waals surface area (Å²) in [5, 5.41) is 3.89. The lowest BCUT2D eigenvalue weighted by Crippen LogP contribution is -2.34. The number of amides is 2. The number of pyridine rings is 1. The molecule has 0 bridgehead atoms. The number of aryl methyl sites for hydroxylation is 1. The summed E-state index contributed by atoms with van der Waals surface area (Å²) in [5.74, 6) is 0.0103. The number of benzene rings is 1. The molecule has 0 saturated carbocycles. The van der Waals surface area contributed by atoms with Gasteiger partial charge < -0.3 is 14.8 Å². The summed E-state index contributed by atoms with van der Waals surface area (Å²) in [5.41, 5.74) is 1.49. The number of rotatable bonds is 4. The lowest BCUT2D eigenvalue weighted by atomic mass is 9.98. The fraction of sp³-hybridized carbons (Fsp3) is 0.300. The van der Waals surface area contributed by atoms with Crippen LogP contribution in [-0.4, -0.2) is 37.8 Å². The van der Waals surface area contributed by atoms with Gasteiger partial charge in [-0.1, -0.05) is 18.2 Å². The van der Waals surface area contributed by atoms with Crippen LogP contribution >= 0.6 is 0 Å². The zero-order valence-corrected chi connectivity index (χ0v) is 15.3. The van der Waals surface area contributed by atoms with Gasteiger partial charge in [-0.25, -0.2) is 4.98 Å². The monoisotopic (exact) mass is 363 g/mol. The highest BCUT2D eigenvalue weighted by Gasteiger charge is 2.45. The molecule has 0 spiro atoms. The summed E-state index contributed by atoms with van der Waals surface area (Å²) >= 11 is 0. The van der Waals surface area contributed by atoms with Gasteiger partial charge in [0.15, 0.2) is 0 Å². The van der Waals surface area contributed by atoms with Gasteiger partial charge in [-0.05, 0) is 19.1 Å². The molecule has 1 fully saturated rings. The molecule has 1 aliphatic rings. The molecular weight excluding hydrogens is 342 g/mol. The van der Waals surface area contributed by atoms with Gasteiger partial charge in [0.1, 0.15) is 11.9 Å². The molecule has 2 aromatic heterocycles. The SMILES string of the molecule is CCN1C(=O)C[C@H](C(=O)Nc2cnc3ccccc3c2)[C@H]1c1nccn1C. The lowest BCUT2D eigenvalue weighted by Gasteiger charge is -2.26. The topological polar surface area (TPSA) is 80.1 Å². The summed E-state index contributed by atoms with van der Waals surface area (Å²) in [6.07, 6.45) is 5.34. The maximum absolute atomic E-state index is 13.0. The van der Waals surface area contributed by atoms with Crippen molar-refractivity contribution in [3.63, 3.8) is 0 Å². The highest BCUT2D eigenvalue weighted by atomic mass is 16.2. The minimum atomic E-state index is -0.495. The number of anilines is 1. The molecule has 7 heteroatoms. The molecule has 27 heavy (non-hydrogen) atoms. The highest BCUT2D eigenvalue weighted by Crippen LogP contribution is 2.37. The number of nitrogens with one attached hydrogen (secondary N) is 1. The average molecular weight is 363 g/mol. The zero-order valence-electron chi connectivity index (χ0n) is 15.3. The number of carbonyl (C=O) groups is 2. The second kappa shape index (κ2) is 6.83. The van der Waals surface area contributed by atoms with Crippen molar-refractivity contribution in [3.05, 3.63) is 54.7 Å². The lowest BCUT2D eigenvalue weighted by molar-refractivity contribution is -0.129. The van der Waals surface area contributed by atoms with Crippen molar-refractivity contribution >= 4 is 28.4 Å². The fourth-order valence-electron chi connectivity index (χ4n) is 3.75. The first kappa shape index (κ1) is 17.2. The second-order valence-corrected chi connectivity index (χ2v) is 6.74. The largest absolute Gasteiger partial charge is 0.336 e. The molecule has 7 nitrogen and oxygen atoms in total. The molecule has 2 atom stereocenters. The van der Waals surface area contributed by atoms with E-state index in [-0.39, 0.29) is 24.3 Å². The number of para-hydroxylation sites is 1. The van der Waals surface area contributed by atoms with Crippen molar-refractivity contribution < 1.29 is 9.59 Å². The zero-order chi connectivity index (χ0) is 19.0. The van der Waals surface area contributed by atoms with Gasteiger partial charge in [0.05, 0.1) is 23.3 Å². The molecular formula is C20H21N5O2. The van der Waals surface area contributed by atoms with Gasteiger partial charge >= 0.3 is 0 Å². The standard InChI is InChI=1S/C20H21N5O2/c1-3-25-17(26)11-15(18(25)19-21-8-9-24(19)2)20(27)23-14-10-13-6-4-5-7-16(13)22-12-14/h4-10,12,15,18H,3,11H2,1-2H3,(H,23,27)/t15-,18-/m0/s1. The smallest absolute Gasteiger partial charge is 0.230 e. The third-order valence-electron chi connectivity index (χ3n) is 5.09. The molecule has 0 unspecified atom stereocenters. The van der Waals surface area contributed by atoms with Crippen LogP contribution in [0.25, 0.3) is 10.9 Å². The van der Waals surface area contributed by atoms with Gasteiger partial charge in [0, 0.05) is 37.8 Å². The van der Waals surface area contributed by atoms with Crippen LogP contribution in [0.4, 0.5) is 5.69 Å².